The molecule has 0 unspecified atom stereocenters. The van der Waals surface area contributed by atoms with Crippen molar-refractivity contribution in [3.63, 3.8) is 0 Å². The Morgan fingerprint density at radius 3 is 1.12 bits per heavy atom. The van der Waals surface area contributed by atoms with Crippen molar-refractivity contribution >= 4 is 34.5 Å². The number of nitrogens with zero attached hydrogens (tertiary/aromatic N) is 1. The fraction of sp³-hybridized carbons (Fsp3) is 0.415. The van der Waals surface area contributed by atoms with Crippen molar-refractivity contribution in [2.75, 3.05) is 79.3 Å². The van der Waals surface area contributed by atoms with Crippen LogP contribution < -0.4 is 18.9 Å². The van der Waals surface area contributed by atoms with Gasteiger partial charge in [0.05, 0.1) is 26.4 Å². The zero-order chi connectivity index (χ0) is 47.0. The predicted octanol–water partition coefficient (Wildman–Crippen LogP) is 9.05. The number of carbonyl (C=O) groups excluding carboxylic acids is 2. The van der Waals surface area contributed by atoms with E-state index in [1.807, 2.05) is 58.0 Å². The molecule has 0 N–H and O–H groups in total. The van der Waals surface area contributed by atoms with Gasteiger partial charge in [0.15, 0.2) is 0 Å². The average molecular weight is 1030 g/mol. The summed E-state index contributed by atoms with van der Waals surface area (Å²) < 4.78 is 63.0. The molecule has 0 atom stereocenters. The Morgan fingerprint density at radius 2 is 0.761 bits per heavy atom. The van der Waals surface area contributed by atoms with Crippen molar-refractivity contribution in [1.29, 1.82) is 0 Å². The van der Waals surface area contributed by atoms with Crippen LogP contribution in [0, 0.1) is 3.57 Å². The molecule has 2 aliphatic heterocycles. The van der Waals surface area contributed by atoms with Crippen LogP contribution in [0.2, 0.25) is 0 Å². The second kappa shape index (κ2) is 25.2. The molecule has 356 valence electrons. The molecule has 1 aromatic heterocycles. The molecule has 0 amide bonds. The van der Waals surface area contributed by atoms with E-state index in [1.54, 1.807) is 6.07 Å². The number of carbonyl (C=O) groups is 2. The Labute approximate surface area is 406 Å². The maximum Gasteiger partial charge on any atom is 0.357 e. The van der Waals surface area contributed by atoms with Crippen LogP contribution in [0.5, 0.6) is 23.0 Å². The summed E-state index contributed by atoms with van der Waals surface area (Å²) in [4.78, 5) is 31.8. The second-order valence-corrected chi connectivity index (χ2v) is 17.1. The zero-order valence-corrected chi connectivity index (χ0v) is 41.0. The van der Waals surface area contributed by atoms with E-state index in [9.17, 15) is 9.59 Å². The highest BCUT2D eigenvalue weighted by molar-refractivity contribution is 14.1. The van der Waals surface area contributed by atoms with E-state index in [4.69, 9.17) is 47.4 Å². The summed E-state index contributed by atoms with van der Waals surface area (Å²) in [5.74, 6) is 1.47. The van der Waals surface area contributed by atoms with E-state index in [0.29, 0.717) is 116 Å². The van der Waals surface area contributed by atoms with Crippen LogP contribution in [-0.2, 0) is 67.3 Å². The van der Waals surface area contributed by atoms with Gasteiger partial charge in [-0.15, -0.1) is 0 Å². The van der Waals surface area contributed by atoms with Crippen molar-refractivity contribution in [2.45, 2.75) is 66.6 Å². The summed E-state index contributed by atoms with van der Waals surface area (Å²) >= 11 is 2.37. The summed E-state index contributed by atoms with van der Waals surface area (Å²) in [7, 11) is 0. The zero-order valence-electron chi connectivity index (χ0n) is 38.9. The number of ether oxygens (including phenoxy) is 10. The molecule has 0 spiro atoms. The van der Waals surface area contributed by atoms with Gasteiger partial charge in [0.1, 0.15) is 74.0 Å². The van der Waals surface area contributed by atoms with E-state index in [2.05, 4.69) is 51.8 Å². The summed E-state index contributed by atoms with van der Waals surface area (Å²) in [5.41, 5.74) is 8.61. The van der Waals surface area contributed by atoms with E-state index in [0.717, 1.165) is 70.7 Å². The average Bonchev–Trinajstić information content (AvgIpc) is 3.32. The monoisotopic (exact) mass is 1030 g/mol. The second-order valence-electron chi connectivity index (χ2n) is 15.9. The van der Waals surface area contributed by atoms with E-state index in [-0.39, 0.29) is 24.6 Å². The molecule has 0 saturated heterocycles. The Hall–Kier alpha value is -5.26. The lowest BCUT2D eigenvalue weighted by Gasteiger charge is -2.24. The van der Waals surface area contributed by atoms with E-state index < -0.39 is 11.9 Å². The number of para-hydroxylation sites is 1. The quantitative estimate of drug-likeness (QED) is 0.0409. The van der Waals surface area contributed by atoms with Crippen molar-refractivity contribution in [3.8, 4) is 23.0 Å². The molecular weight excluding hydrogens is 969 g/mol. The van der Waals surface area contributed by atoms with Crippen LogP contribution in [0.4, 0.5) is 0 Å². The molecule has 0 radical (unpaired) electrons. The highest BCUT2D eigenvalue weighted by Gasteiger charge is 2.25. The van der Waals surface area contributed by atoms with Gasteiger partial charge in [0.2, 0.25) is 0 Å². The molecule has 1 aliphatic carbocycles. The van der Waals surface area contributed by atoms with Crippen LogP contribution in [-0.4, -0.2) is 96.2 Å². The molecule has 0 saturated carbocycles. The van der Waals surface area contributed by atoms with Gasteiger partial charge in [-0.1, -0.05) is 24.3 Å². The lowest BCUT2D eigenvalue weighted by Crippen LogP contribution is -2.15. The molecule has 67 heavy (non-hydrogen) atoms. The Bertz CT molecular complexity index is 2330. The van der Waals surface area contributed by atoms with Crippen molar-refractivity contribution in [1.82, 2.24) is 4.98 Å². The molecule has 3 heterocycles. The highest BCUT2D eigenvalue weighted by Crippen LogP contribution is 2.41. The number of aromatic nitrogens is 1. The number of hydrogen-bond donors (Lipinski definition) is 0. The van der Waals surface area contributed by atoms with Gasteiger partial charge in [-0.05, 0) is 154 Å². The molecule has 12 bridgehead atoms. The number of pyridine rings is 1. The lowest BCUT2D eigenvalue weighted by atomic mass is 9.89. The number of esters is 2. The van der Waals surface area contributed by atoms with Crippen LogP contribution in [0.3, 0.4) is 0 Å². The maximum absolute atomic E-state index is 13.7. The van der Waals surface area contributed by atoms with Gasteiger partial charge >= 0.3 is 11.9 Å². The third-order valence-corrected chi connectivity index (χ3v) is 11.8. The minimum absolute atomic E-state index is 0.0152. The number of halogens is 1. The molecule has 0 fully saturated rings. The van der Waals surface area contributed by atoms with Gasteiger partial charge in [-0.25, -0.2) is 14.6 Å². The van der Waals surface area contributed by atoms with Crippen molar-refractivity contribution in [3.05, 3.63) is 143 Å². The SMILES string of the molecule is CCOCCOc1c2cccc1Cc1cc3cc(c1OCCOCC)Cc1cc(I)cc(c1OCCOCC)Cc1cc(cc(c1OCCOCC)C2)COC(=O)c1cccc(n1)C(=O)OC3. The van der Waals surface area contributed by atoms with Gasteiger partial charge < -0.3 is 47.4 Å². The summed E-state index contributed by atoms with van der Waals surface area (Å²) in [6.07, 6.45) is 1.64. The van der Waals surface area contributed by atoms with Gasteiger partial charge in [-0.3, -0.25) is 0 Å². The smallest absolute Gasteiger partial charge is 0.357 e. The predicted molar refractivity (Wildman–Crippen MR) is 260 cm³/mol. The molecule has 5 aromatic rings. The molecule has 4 aromatic carbocycles. The third-order valence-electron chi connectivity index (χ3n) is 11.1. The number of benzene rings is 4. The largest absolute Gasteiger partial charge is 0.491 e. The Kier molecular flexibility index (Phi) is 18.7. The number of fused-ring (bicyclic) bond motifs is 4. The third kappa shape index (κ3) is 13.5. The normalized spacial score (nSPS) is 13.4. The first-order valence-corrected chi connectivity index (χ1v) is 24.2. The van der Waals surface area contributed by atoms with Gasteiger partial charge in [0.25, 0.3) is 0 Å². The van der Waals surface area contributed by atoms with Crippen LogP contribution in [0.25, 0.3) is 0 Å². The standard InChI is InChI=1S/C53H60INO12/c1-5-58-15-19-62-48-37-11-9-12-38(48)28-40-24-36-26-42(50(40)64-21-17-60-7-3)30-44-32-45(54)31-43(51(44)65-22-18-61-8-4)29-41-25-35(23-39(27-37)49(41)63-20-16-59-6-2)33-66-52(56)46-13-10-14-47(55-46)53(57)67-34-36/h9-14,23-26,31-32H,5-8,15-22,27-30,33-34H2,1-4H3. The van der Waals surface area contributed by atoms with Crippen molar-refractivity contribution < 1.29 is 57.0 Å². The molecule has 8 rings (SSSR count). The first-order chi connectivity index (χ1) is 32.8. The minimum Gasteiger partial charge on any atom is -0.491 e. The van der Waals surface area contributed by atoms with Gasteiger partial charge in [-0.2, -0.15) is 0 Å². The highest BCUT2D eigenvalue weighted by atomic mass is 127. The first kappa shape index (κ1) is 49.6. The fourth-order valence-electron chi connectivity index (χ4n) is 8.29. The van der Waals surface area contributed by atoms with Crippen LogP contribution in [0.1, 0.15) is 104 Å². The number of rotatable bonds is 20. The van der Waals surface area contributed by atoms with Crippen molar-refractivity contribution in [2.24, 2.45) is 0 Å². The molecule has 3 aliphatic rings. The fourth-order valence-corrected chi connectivity index (χ4v) is 9.05. The van der Waals surface area contributed by atoms with Crippen LogP contribution in [0.15, 0.2) is 72.8 Å². The molecule has 14 heteroatoms. The minimum atomic E-state index is -0.683. The first-order valence-electron chi connectivity index (χ1n) is 23.1. The lowest BCUT2D eigenvalue weighted by molar-refractivity contribution is 0.0456. The molecule has 13 nitrogen and oxygen atoms in total. The molecular formula is C53H60INO12. The summed E-state index contributed by atoms with van der Waals surface area (Å²) in [6, 6.07) is 23.2. The van der Waals surface area contributed by atoms with E-state index in [1.165, 1.54) is 12.1 Å². The summed E-state index contributed by atoms with van der Waals surface area (Å²) in [5, 5.41) is 0. The van der Waals surface area contributed by atoms with Crippen LogP contribution >= 0.6 is 22.6 Å². The van der Waals surface area contributed by atoms with Gasteiger partial charge in [0, 0.05) is 55.7 Å². The number of hydrogen-bond acceptors (Lipinski definition) is 13. The van der Waals surface area contributed by atoms with E-state index >= 15 is 0 Å². The Morgan fingerprint density at radius 1 is 0.448 bits per heavy atom. The summed E-state index contributed by atoms with van der Waals surface area (Å²) in [6.45, 7) is 12.8. The topological polar surface area (TPSA) is 139 Å². The maximum atomic E-state index is 13.7. The Balaban J connectivity index is 1.52.